The van der Waals surface area contributed by atoms with E-state index in [4.69, 9.17) is 4.74 Å². The van der Waals surface area contributed by atoms with Crippen LogP contribution in [0.15, 0.2) is 36.5 Å². The van der Waals surface area contributed by atoms with Crippen LogP contribution in [-0.4, -0.2) is 36.2 Å². The van der Waals surface area contributed by atoms with Crippen LogP contribution < -0.4 is 10.2 Å². The third-order valence-electron chi connectivity index (χ3n) is 5.73. The van der Waals surface area contributed by atoms with Crippen LogP contribution in [0.2, 0.25) is 0 Å². The predicted molar refractivity (Wildman–Crippen MR) is 116 cm³/mol. The summed E-state index contributed by atoms with van der Waals surface area (Å²) in [6.07, 6.45) is 5.31. The Labute approximate surface area is 173 Å². The molecule has 1 aliphatic carbocycles. The Morgan fingerprint density at radius 1 is 1.17 bits per heavy atom. The fraction of sp³-hybridized carbons (Fsp3) is 0.500. The quantitative estimate of drug-likeness (QED) is 0.803. The molecule has 0 radical (unpaired) electrons. The molecule has 1 aromatic carbocycles. The van der Waals surface area contributed by atoms with Crippen LogP contribution in [0.25, 0.3) is 11.1 Å². The van der Waals surface area contributed by atoms with Crippen molar-refractivity contribution in [3.8, 4) is 11.1 Å². The molecule has 1 amide bonds. The SMILES string of the molecule is Cc1cc(-c2ccc(N3C[C@@H](C)O[C@@H](C)C3)cc2CNC(=O)CC2CC2)ccn1. The van der Waals surface area contributed by atoms with Gasteiger partial charge in [0.15, 0.2) is 0 Å². The van der Waals surface area contributed by atoms with Crippen LogP contribution >= 0.6 is 0 Å². The van der Waals surface area contributed by atoms with E-state index in [1.54, 1.807) is 0 Å². The number of anilines is 1. The van der Waals surface area contributed by atoms with E-state index in [1.807, 2.05) is 19.2 Å². The molecular weight excluding hydrogens is 362 g/mol. The van der Waals surface area contributed by atoms with Crippen molar-refractivity contribution in [2.24, 2.45) is 5.92 Å². The third kappa shape index (κ3) is 5.15. The van der Waals surface area contributed by atoms with E-state index in [0.717, 1.165) is 35.5 Å². The molecule has 1 saturated carbocycles. The van der Waals surface area contributed by atoms with Crippen molar-refractivity contribution in [3.63, 3.8) is 0 Å². The second-order valence-electron chi connectivity index (χ2n) is 8.61. The largest absolute Gasteiger partial charge is 0.372 e. The Morgan fingerprint density at radius 3 is 2.62 bits per heavy atom. The molecule has 1 N–H and O–H groups in total. The molecule has 0 spiro atoms. The Morgan fingerprint density at radius 2 is 1.93 bits per heavy atom. The normalized spacial score (nSPS) is 21.8. The Bertz CT molecular complexity index is 868. The number of carbonyl (C=O) groups is 1. The van der Waals surface area contributed by atoms with Gasteiger partial charge in [-0.2, -0.15) is 0 Å². The van der Waals surface area contributed by atoms with Gasteiger partial charge in [0.2, 0.25) is 5.91 Å². The minimum Gasteiger partial charge on any atom is -0.372 e. The number of pyridine rings is 1. The highest BCUT2D eigenvalue weighted by Gasteiger charge is 2.25. The van der Waals surface area contributed by atoms with Gasteiger partial charge in [-0.05, 0) is 80.5 Å². The molecule has 4 rings (SSSR count). The van der Waals surface area contributed by atoms with Gasteiger partial charge in [-0.3, -0.25) is 9.78 Å². The zero-order valence-electron chi connectivity index (χ0n) is 17.6. The van der Waals surface area contributed by atoms with Crippen LogP contribution in [0.5, 0.6) is 0 Å². The summed E-state index contributed by atoms with van der Waals surface area (Å²) < 4.78 is 5.89. The molecule has 5 heteroatoms. The highest BCUT2D eigenvalue weighted by atomic mass is 16.5. The minimum absolute atomic E-state index is 0.156. The van der Waals surface area contributed by atoms with E-state index in [9.17, 15) is 4.79 Å². The van der Waals surface area contributed by atoms with Gasteiger partial charge in [0.05, 0.1) is 12.2 Å². The molecule has 0 unspecified atom stereocenters. The second-order valence-corrected chi connectivity index (χ2v) is 8.61. The van der Waals surface area contributed by atoms with Crippen LogP contribution in [0.1, 0.15) is 44.4 Å². The van der Waals surface area contributed by atoms with Crippen LogP contribution in [-0.2, 0) is 16.1 Å². The number of ether oxygens (including phenoxy) is 1. The number of nitrogens with zero attached hydrogens (tertiary/aromatic N) is 2. The van der Waals surface area contributed by atoms with Gasteiger partial charge >= 0.3 is 0 Å². The third-order valence-corrected chi connectivity index (χ3v) is 5.73. The first kappa shape index (κ1) is 19.9. The summed E-state index contributed by atoms with van der Waals surface area (Å²) >= 11 is 0. The number of carbonyl (C=O) groups excluding carboxylic acids is 1. The lowest BCUT2D eigenvalue weighted by Crippen LogP contribution is -2.45. The van der Waals surface area contributed by atoms with Crippen molar-refractivity contribution in [3.05, 3.63) is 47.8 Å². The summed E-state index contributed by atoms with van der Waals surface area (Å²) in [5, 5.41) is 3.14. The van der Waals surface area contributed by atoms with Crippen molar-refractivity contribution in [2.45, 2.75) is 58.8 Å². The van der Waals surface area contributed by atoms with Gasteiger partial charge in [0, 0.05) is 43.6 Å². The number of amides is 1. The first-order valence-electron chi connectivity index (χ1n) is 10.7. The molecule has 154 valence electrons. The number of aryl methyl sites for hydroxylation is 1. The van der Waals surface area contributed by atoms with Gasteiger partial charge < -0.3 is 15.0 Å². The molecular formula is C24H31N3O2. The lowest BCUT2D eigenvalue weighted by atomic mass is 9.98. The van der Waals surface area contributed by atoms with Crippen LogP contribution in [0.4, 0.5) is 5.69 Å². The van der Waals surface area contributed by atoms with E-state index in [1.165, 1.54) is 18.5 Å². The summed E-state index contributed by atoms with van der Waals surface area (Å²) in [7, 11) is 0. The minimum atomic E-state index is 0.156. The Kier molecular flexibility index (Phi) is 5.86. The summed E-state index contributed by atoms with van der Waals surface area (Å²) in [4.78, 5) is 19.0. The Hall–Kier alpha value is -2.40. The van der Waals surface area contributed by atoms with Gasteiger partial charge in [-0.15, -0.1) is 0 Å². The van der Waals surface area contributed by atoms with E-state index < -0.39 is 0 Å². The van der Waals surface area contributed by atoms with Crippen LogP contribution in [0, 0.1) is 12.8 Å². The molecule has 2 fully saturated rings. The van der Waals surface area contributed by atoms with Crippen molar-refractivity contribution >= 4 is 11.6 Å². The lowest BCUT2D eigenvalue weighted by Gasteiger charge is -2.37. The second kappa shape index (κ2) is 8.54. The van der Waals surface area contributed by atoms with Gasteiger partial charge in [-0.1, -0.05) is 6.07 Å². The van der Waals surface area contributed by atoms with E-state index in [2.05, 4.69) is 53.3 Å². The number of morpholine rings is 1. The van der Waals surface area contributed by atoms with E-state index >= 15 is 0 Å². The molecule has 2 aromatic rings. The van der Waals surface area contributed by atoms with Crippen molar-refractivity contribution < 1.29 is 9.53 Å². The van der Waals surface area contributed by atoms with Gasteiger partial charge in [0.25, 0.3) is 0 Å². The van der Waals surface area contributed by atoms with Gasteiger partial charge in [0.1, 0.15) is 0 Å². The zero-order chi connectivity index (χ0) is 20.4. The van der Waals surface area contributed by atoms with Crippen molar-refractivity contribution in [1.82, 2.24) is 10.3 Å². The molecule has 2 aliphatic rings. The summed E-state index contributed by atoms with van der Waals surface area (Å²) in [6.45, 7) is 8.56. The molecule has 1 aliphatic heterocycles. The first-order chi connectivity index (χ1) is 14.0. The summed E-state index contributed by atoms with van der Waals surface area (Å²) in [5.74, 6) is 0.753. The average Bonchev–Trinajstić information content (AvgIpc) is 3.49. The summed E-state index contributed by atoms with van der Waals surface area (Å²) in [5.41, 5.74) is 5.61. The lowest BCUT2D eigenvalue weighted by molar-refractivity contribution is -0.121. The first-order valence-corrected chi connectivity index (χ1v) is 10.7. The number of aromatic nitrogens is 1. The highest BCUT2D eigenvalue weighted by Crippen LogP contribution is 2.33. The number of benzene rings is 1. The number of hydrogen-bond donors (Lipinski definition) is 1. The van der Waals surface area contributed by atoms with Crippen LogP contribution in [0.3, 0.4) is 0 Å². The standard InChI is InChI=1S/C24H31N3O2/c1-16-10-20(8-9-25-16)23-7-6-22(27-14-17(2)29-18(3)15-27)12-21(23)13-26-24(28)11-19-4-5-19/h6-10,12,17-19H,4-5,11,13-15H2,1-3H3,(H,26,28)/t17-,18+. The summed E-state index contributed by atoms with van der Waals surface area (Å²) in [6, 6.07) is 10.7. The van der Waals surface area contributed by atoms with Crippen molar-refractivity contribution in [1.29, 1.82) is 0 Å². The smallest absolute Gasteiger partial charge is 0.220 e. The van der Waals surface area contributed by atoms with E-state index in [0.29, 0.717) is 18.9 Å². The molecule has 5 nitrogen and oxygen atoms in total. The molecule has 1 aromatic heterocycles. The zero-order valence-corrected chi connectivity index (χ0v) is 17.6. The molecule has 0 bridgehead atoms. The van der Waals surface area contributed by atoms with Gasteiger partial charge in [-0.25, -0.2) is 0 Å². The average molecular weight is 394 g/mol. The Balaban J connectivity index is 1.60. The molecule has 1 saturated heterocycles. The number of hydrogen-bond acceptors (Lipinski definition) is 4. The van der Waals surface area contributed by atoms with Crippen molar-refractivity contribution in [2.75, 3.05) is 18.0 Å². The molecule has 2 heterocycles. The maximum Gasteiger partial charge on any atom is 0.220 e. The highest BCUT2D eigenvalue weighted by molar-refractivity contribution is 5.77. The maximum atomic E-state index is 12.3. The number of rotatable bonds is 6. The topological polar surface area (TPSA) is 54.5 Å². The predicted octanol–water partition coefficient (Wildman–Crippen LogP) is 4.09. The number of nitrogens with one attached hydrogen (secondary N) is 1. The van der Waals surface area contributed by atoms with E-state index in [-0.39, 0.29) is 18.1 Å². The monoisotopic (exact) mass is 393 g/mol. The fourth-order valence-corrected chi connectivity index (χ4v) is 4.16. The fourth-order valence-electron chi connectivity index (χ4n) is 4.16. The molecule has 2 atom stereocenters. The maximum absolute atomic E-state index is 12.3. The molecule has 29 heavy (non-hydrogen) atoms.